The van der Waals surface area contributed by atoms with Crippen molar-refractivity contribution in [1.29, 1.82) is 5.26 Å². The lowest BCUT2D eigenvalue weighted by Crippen LogP contribution is -2.17. The summed E-state index contributed by atoms with van der Waals surface area (Å²) in [5.41, 5.74) is 0.586. The molecule has 0 heterocycles. The maximum Gasteiger partial charge on any atom is 0.573 e. The Balaban J connectivity index is 2.12. The van der Waals surface area contributed by atoms with E-state index in [1.165, 1.54) is 6.20 Å². The molecule has 0 spiro atoms. The van der Waals surface area contributed by atoms with Crippen LogP contribution in [0, 0.1) is 11.3 Å². The molecule has 0 aliphatic heterocycles. The second-order valence-corrected chi connectivity index (χ2v) is 4.58. The molecule has 0 atom stereocenters. The van der Waals surface area contributed by atoms with E-state index in [0.717, 1.165) is 24.3 Å². The first kappa shape index (κ1) is 17.1. The van der Waals surface area contributed by atoms with Crippen LogP contribution in [0.25, 0.3) is 0 Å². The molecule has 2 rings (SSSR count). The van der Waals surface area contributed by atoms with Gasteiger partial charge in [-0.3, -0.25) is 4.79 Å². The summed E-state index contributed by atoms with van der Waals surface area (Å²) in [5, 5.41) is 11.9. The highest BCUT2D eigenvalue weighted by Crippen LogP contribution is 2.23. The highest BCUT2D eigenvalue weighted by atomic mass is 19.4. The number of ether oxygens (including phenoxy) is 1. The van der Waals surface area contributed by atoms with E-state index in [1.807, 2.05) is 6.07 Å². The Kier molecular flexibility index (Phi) is 5.22. The van der Waals surface area contributed by atoms with Gasteiger partial charge in [0.05, 0.1) is 0 Å². The van der Waals surface area contributed by atoms with Crippen molar-refractivity contribution < 1.29 is 22.7 Å². The summed E-state index contributed by atoms with van der Waals surface area (Å²) in [6.45, 7) is 0. The van der Waals surface area contributed by atoms with Crippen LogP contribution in [-0.4, -0.2) is 12.1 Å². The minimum Gasteiger partial charge on any atom is -0.406 e. The number of para-hydroxylation sites is 1. The summed E-state index contributed by atoms with van der Waals surface area (Å²) in [4.78, 5) is 12.2. The van der Waals surface area contributed by atoms with Crippen molar-refractivity contribution in [3.63, 3.8) is 0 Å². The summed E-state index contributed by atoms with van der Waals surface area (Å²) in [6, 6.07) is 15.0. The molecule has 0 radical (unpaired) electrons. The number of alkyl halides is 3. The molecule has 0 aliphatic carbocycles. The molecular formula is C17H11F3N2O2. The molecular weight excluding hydrogens is 321 g/mol. The Hall–Kier alpha value is -3.27. The number of halogens is 3. The molecule has 1 N–H and O–H groups in total. The van der Waals surface area contributed by atoms with Gasteiger partial charge in [0.15, 0.2) is 0 Å². The van der Waals surface area contributed by atoms with Crippen molar-refractivity contribution in [3.8, 4) is 11.8 Å². The summed E-state index contributed by atoms with van der Waals surface area (Å²) >= 11 is 0. The topological polar surface area (TPSA) is 62.1 Å². The SMILES string of the molecule is N#CC(=CNc1ccccc1)C(=O)c1ccc(OC(F)(F)F)cc1. The predicted molar refractivity (Wildman–Crippen MR) is 81.2 cm³/mol. The third-order valence-corrected chi connectivity index (χ3v) is 2.87. The monoisotopic (exact) mass is 332 g/mol. The van der Waals surface area contributed by atoms with E-state index in [2.05, 4.69) is 10.1 Å². The molecule has 122 valence electrons. The first-order valence-electron chi connectivity index (χ1n) is 6.71. The summed E-state index contributed by atoms with van der Waals surface area (Å²) in [5.74, 6) is -1.05. The fourth-order valence-corrected chi connectivity index (χ4v) is 1.80. The van der Waals surface area contributed by atoms with Crippen LogP contribution in [0.3, 0.4) is 0 Å². The van der Waals surface area contributed by atoms with Crippen LogP contribution in [0.5, 0.6) is 5.75 Å². The molecule has 0 aromatic heterocycles. The van der Waals surface area contributed by atoms with Crippen LogP contribution in [0.2, 0.25) is 0 Å². The number of allylic oxidation sites excluding steroid dienone is 1. The molecule has 24 heavy (non-hydrogen) atoms. The van der Waals surface area contributed by atoms with E-state index in [9.17, 15) is 18.0 Å². The number of anilines is 1. The minimum atomic E-state index is -4.80. The second kappa shape index (κ2) is 7.33. The largest absolute Gasteiger partial charge is 0.573 e. The molecule has 0 saturated heterocycles. The van der Waals surface area contributed by atoms with Crippen LogP contribution in [-0.2, 0) is 0 Å². The molecule has 0 amide bonds. The second-order valence-electron chi connectivity index (χ2n) is 4.58. The van der Waals surface area contributed by atoms with Gasteiger partial charge in [-0.2, -0.15) is 5.26 Å². The highest BCUT2D eigenvalue weighted by molar-refractivity contribution is 6.11. The van der Waals surface area contributed by atoms with Crippen LogP contribution in [0.15, 0.2) is 66.4 Å². The lowest BCUT2D eigenvalue weighted by molar-refractivity contribution is -0.274. The van der Waals surface area contributed by atoms with E-state index in [4.69, 9.17) is 5.26 Å². The average Bonchev–Trinajstić information content (AvgIpc) is 2.55. The summed E-state index contributed by atoms with van der Waals surface area (Å²) < 4.78 is 40.0. The van der Waals surface area contributed by atoms with Crippen molar-refractivity contribution >= 4 is 11.5 Å². The van der Waals surface area contributed by atoms with Gasteiger partial charge < -0.3 is 10.1 Å². The standard InChI is InChI=1S/C17H11F3N2O2/c18-17(19,20)24-15-8-6-12(7-9-15)16(23)13(10-21)11-22-14-4-2-1-3-5-14/h1-9,11,22H. The molecule has 0 fully saturated rings. The maximum absolute atomic E-state index is 12.2. The molecule has 2 aromatic carbocycles. The molecule has 7 heteroatoms. The minimum absolute atomic E-state index is 0.0761. The number of hydrogen-bond acceptors (Lipinski definition) is 4. The zero-order valence-corrected chi connectivity index (χ0v) is 12.2. The van der Waals surface area contributed by atoms with Crippen molar-refractivity contribution in [2.45, 2.75) is 6.36 Å². The molecule has 4 nitrogen and oxygen atoms in total. The number of ketones is 1. The van der Waals surface area contributed by atoms with Crippen molar-refractivity contribution in [3.05, 3.63) is 71.9 Å². The van der Waals surface area contributed by atoms with E-state index in [0.29, 0.717) is 5.69 Å². The first-order chi connectivity index (χ1) is 11.4. The van der Waals surface area contributed by atoms with Gasteiger partial charge in [-0.25, -0.2) is 0 Å². The zero-order valence-electron chi connectivity index (χ0n) is 12.2. The first-order valence-corrected chi connectivity index (χ1v) is 6.71. The third-order valence-electron chi connectivity index (χ3n) is 2.87. The predicted octanol–water partition coefficient (Wildman–Crippen LogP) is 4.29. The lowest BCUT2D eigenvalue weighted by atomic mass is 10.1. The number of carbonyl (C=O) groups is 1. The van der Waals surface area contributed by atoms with Crippen molar-refractivity contribution in [2.24, 2.45) is 0 Å². The molecule has 0 aliphatic rings. The summed E-state index contributed by atoms with van der Waals surface area (Å²) in [6.07, 6.45) is -3.55. The van der Waals surface area contributed by atoms with Gasteiger partial charge >= 0.3 is 6.36 Å². The Morgan fingerprint density at radius 3 is 2.25 bits per heavy atom. The van der Waals surface area contributed by atoms with Crippen LogP contribution < -0.4 is 10.1 Å². The molecule has 0 bridgehead atoms. The quantitative estimate of drug-likeness (QED) is 0.504. The fraction of sp³-hybridized carbons (Fsp3) is 0.0588. The number of rotatable bonds is 5. The van der Waals surface area contributed by atoms with Gasteiger partial charge in [-0.1, -0.05) is 18.2 Å². The van der Waals surface area contributed by atoms with Gasteiger partial charge in [-0.05, 0) is 36.4 Å². The van der Waals surface area contributed by atoms with Crippen LogP contribution in [0.4, 0.5) is 18.9 Å². The van der Waals surface area contributed by atoms with Crippen molar-refractivity contribution in [2.75, 3.05) is 5.32 Å². The van der Waals surface area contributed by atoms with Gasteiger partial charge in [0.1, 0.15) is 17.4 Å². The number of nitriles is 1. The van der Waals surface area contributed by atoms with Crippen molar-refractivity contribution in [1.82, 2.24) is 0 Å². The Bertz CT molecular complexity index is 776. The van der Waals surface area contributed by atoms with Gasteiger partial charge in [0.25, 0.3) is 0 Å². The van der Waals surface area contributed by atoms with E-state index >= 15 is 0 Å². The zero-order chi connectivity index (χ0) is 17.6. The lowest BCUT2D eigenvalue weighted by Gasteiger charge is -2.09. The van der Waals surface area contributed by atoms with E-state index < -0.39 is 17.9 Å². The number of nitrogens with zero attached hydrogens (tertiary/aromatic N) is 1. The van der Waals surface area contributed by atoms with Crippen LogP contribution in [0.1, 0.15) is 10.4 Å². The maximum atomic E-state index is 12.2. The number of Topliss-reactive ketones (excluding diaryl/α,β-unsaturated/α-hetero) is 1. The third kappa shape index (κ3) is 4.88. The average molecular weight is 332 g/mol. The highest BCUT2D eigenvalue weighted by Gasteiger charge is 2.31. The number of carbonyl (C=O) groups excluding carboxylic acids is 1. The fourth-order valence-electron chi connectivity index (χ4n) is 1.80. The van der Waals surface area contributed by atoms with Crippen LogP contribution >= 0.6 is 0 Å². The normalized spacial score (nSPS) is 11.5. The Labute approximate surface area is 135 Å². The number of nitrogens with one attached hydrogen (secondary N) is 1. The Morgan fingerprint density at radius 1 is 1.08 bits per heavy atom. The number of hydrogen-bond donors (Lipinski definition) is 1. The molecule has 2 aromatic rings. The van der Waals surface area contributed by atoms with E-state index in [-0.39, 0.29) is 11.1 Å². The van der Waals surface area contributed by atoms with Gasteiger partial charge in [0.2, 0.25) is 5.78 Å². The van der Waals surface area contributed by atoms with E-state index in [1.54, 1.807) is 30.3 Å². The smallest absolute Gasteiger partial charge is 0.406 e. The Morgan fingerprint density at radius 2 is 1.71 bits per heavy atom. The van der Waals surface area contributed by atoms with Gasteiger partial charge in [0, 0.05) is 17.5 Å². The molecule has 0 unspecified atom stereocenters. The van der Waals surface area contributed by atoms with Gasteiger partial charge in [-0.15, -0.1) is 13.2 Å². The number of benzene rings is 2. The molecule has 0 saturated carbocycles. The summed E-state index contributed by atoms with van der Waals surface area (Å²) in [7, 11) is 0.